The number of hydrogen-bond donors (Lipinski definition) is 3. The molecular formula is C71H137NO5. The maximum Gasteiger partial charge on any atom is 0.305 e. The van der Waals surface area contributed by atoms with E-state index in [4.69, 9.17) is 4.74 Å². The molecule has 77 heavy (non-hydrogen) atoms. The van der Waals surface area contributed by atoms with Crippen molar-refractivity contribution < 1.29 is 24.5 Å². The molecule has 0 radical (unpaired) electrons. The maximum absolute atomic E-state index is 12.5. The van der Waals surface area contributed by atoms with Crippen molar-refractivity contribution in [2.24, 2.45) is 0 Å². The number of hydrogen-bond acceptors (Lipinski definition) is 5. The molecule has 0 heterocycles. The summed E-state index contributed by atoms with van der Waals surface area (Å²) in [7, 11) is 0. The van der Waals surface area contributed by atoms with Gasteiger partial charge in [-0.3, -0.25) is 9.59 Å². The summed E-state index contributed by atoms with van der Waals surface area (Å²) in [5, 5.41) is 23.4. The Kier molecular flexibility index (Phi) is 65.4. The van der Waals surface area contributed by atoms with Gasteiger partial charge in [-0.05, 0) is 57.8 Å². The summed E-state index contributed by atoms with van der Waals surface area (Å²) in [5.74, 6) is -0.0227. The normalized spacial score (nSPS) is 12.6. The quantitative estimate of drug-likeness (QED) is 0.0320. The Bertz CT molecular complexity index is 1200. The lowest BCUT2D eigenvalue weighted by atomic mass is 10.0. The van der Waals surface area contributed by atoms with Crippen molar-refractivity contribution >= 4 is 11.9 Å². The lowest BCUT2D eigenvalue weighted by Gasteiger charge is -2.22. The molecular weight excluding hydrogens is 947 g/mol. The lowest BCUT2D eigenvalue weighted by Crippen LogP contribution is -2.45. The molecule has 0 bridgehead atoms. The Morgan fingerprint density at radius 1 is 0.364 bits per heavy atom. The average molecular weight is 1080 g/mol. The summed E-state index contributed by atoms with van der Waals surface area (Å²) in [5.41, 5.74) is 0. The fraction of sp³-hybridized carbons (Fsp3) is 0.915. The van der Waals surface area contributed by atoms with E-state index in [1.165, 1.54) is 308 Å². The molecule has 0 spiro atoms. The van der Waals surface area contributed by atoms with E-state index in [0.29, 0.717) is 25.9 Å². The SMILES string of the molecule is CCCCC/C=C\C/C=C\CCCCCCCCCC(=O)OCCCCCCCCCCCCCCCCCCCCCCCCCC(=O)NC(CO)C(O)CCCCCCCCCCCCCCCCCCCCCC. The van der Waals surface area contributed by atoms with Crippen LogP contribution in [-0.2, 0) is 14.3 Å². The third-order valence-electron chi connectivity index (χ3n) is 16.5. The van der Waals surface area contributed by atoms with E-state index in [2.05, 4.69) is 43.5 Å². The molecule has 6 heteroatoms. The standard InChI is InChI=1S/C71H137NO5/c1-3-5-7-9-11-13-15-17-19-21-22-28-32-35-39-43-47-51-55-59-63-69(74)68(67-73)72-70(75)64-60-56-52-48-44-40-36-33-29-26-24-23-25-27-30-34-38-42-46-50-54-58-62-66-77-71(76)65-61-57-53-49-45-41-37-31-20-18-16-14-12-10-8-6-4-2/h12,14,18,20,68-69,73-74H,3-11,13,15-17,19,21-67H2,1-2H3,(H,72,75)/b14-12-,20-18-. The molecule has 0 fully saturated rings. The first kappa shape index (κ1) is 75.3. The van der Waals surface area contributed by atoms with E-state index < -0.39 is 12.1 Å². The van der Waals surface area contributed by atoms with Crippen LogP contribution < -0.4 is 5.32 Å². The number of ether oxygens (including phenoxy) is 1. The van der Waals surface area contributed by atoms with Gasteiger partial charge in [-0.2, -0.15) is 0 Å². The molecule has 0 aliphatic carbocycles. The molecule has 2 unspecified atom stereocenters. The van der Waals surface area contributed by atoms with Crippen LogP contribution in [0.2, 0.25) is 0 Å². The Morgan fingerprint density at radius 2 is 0.649 bits per heavy atom. The molecule has 1 amide bonds. The molecule has 0 aromatic rings. The van der Waals surface area contributed by atoms with Gasteiger partial charge in [0.05, 0.1) is 25.4 Å². The van der Waals surface area contributed by atoms with E-state index >= 15 is 0 Å². The van der Waals surface area contributed by atoms with Gasteiger partial charge in [-0.1, -0.05) is 346 Å². The second-order valence-electron chi connectivity index (χ2n) is 24.2. The van der Waals surface area contributed by atoms with Gasteiger partial charge < -0.3 is 20.3 Å². The third-order valence-corrected chi connectivity index (χ3v) is 16.5. The Hall–Kier alpha value is -1.66. The van der Waals surface area contributed by atoms with E-state index in [-0.39, 0.29) is 18.5 Å². The Balaban J connectivity index is 3.37. The van der Waals surface area contributed by atoms with Gasteiger partial charge in [-0.25, -0.2) is 0 Å². The van der Waals surface area contributed by atoms with Crippen molar-refractivity contribution in [2.45, 2.75) is 405 Å². The molecule has 2 atom stereocenters. The van der Waals surface area contributed by atoms with Gasteiger partial charge in [0.1, 0.15) is 0 Å². The summed E-state index contributed by atoms with van der Waals surface area (Å²) in [4.78, 5) is 24.6. The maximum atomic E-state index is 12.5. The van der Waals surface area contributed by atoms with Crippen LogP contribution in [0, 0.1) is 0 Å². The third kappa shape index (κ3) is 63.4. The molecule has 0 rings (SSSR count). The summed E-state index contributed by atoms with van der Waals surface area (Å²) in [6.45, 7) is 4.96. The van der Waals surface area contributed by atoms with Crippen molar-refractivity contribution in [2.75, 3.05) is 13.2 Å². The first-order valence-electron chi connectivity index (χ1n) is 35.1. The summed E-state index contributed by atoms with van der Waals surface area (Å²) in [6.07, 6.45) is 83.6. The molecule has 0 aliphatic rings. The van der Waals surface area contributed by atoms with Gasteiger partial charge in [-0.15, -0.1) is 0 Å². The van der Waals surface area contributed by atoms with Crippen molar-refractivity contribution in [3.63, 3.8) is 0 Å². The topological polar surface area (TPSA) is 95.9 Å². The minimum absolute atomic E-state index is 0.00759. The highest BCUT2D eigenvalue weighted by Crippen LogP contribution is 2.19. The zero-order valence-corrected chi connectivity index (χ0v) is 52.2. The van der Waals surface area contributed by atoms with Crippen LogP contribution in [0.1, 0.15) is 393 Å². The smallest absolute Gasteiger partial charge is 0.305 e. The molecule has 0 saturated heterocycles. The van der Waals surface area contributed by atoms with Gasteiger partial charge >= 0.3 is 5.97 Å². The second kappa shape index (κ2) is 66.8. The molecule has 3 N–H and O–H groups in total. The van der Waals surface area contributed by atoms with E-state index in [9.17, 15) is 19.8 Å². The van der Waals surface area contributed by atoms with Gasteiger partial charge in [0.15, 0.2) is 0 Å². The fourth-order valence-electron chi connectivity index (χ4n) is 11.1. The molecule has 0 aliphatic heterocycles. The van der Waals surface area contributed by atoms with Crippen molar-refractivity contribution in [3.8, 4) is 0 Å². The molecule has 0 aromatic heterocycles. The monoisotopic (exact) mass is 1080 g/mol. The van der Waals surface area contributed by atoms with Crippen LogP contribution in [0.3, 0.4) is 0 Å². The predicted molar refractivity (Wildman–Crippen MR) is 338 cm³/mol. The number of nitrogens with one attached hydrogen (secondary N) is 1. The van der Waals surface area contributed by atoms with Crippen LogP contribution in [0.5, 0.6) is 0 Å². The molecule has 6 nitrogen and oxygen atoms in total. The summed E-state index contributed by atoms with van der Waals surface area (Å²) >= 11 is 0. The summed E-state index contributed by atoms with van der Waals surface area (Å²) in [6, 6.07) is -0.542. The minimum Gasteiger partial charge on any atom is -0.466 e. The van der Waals surface area contributed by atoms with E-state index in [0.717, 1.165) is 51.4 Å². The number of carbonyl (C=O) groups is 2. The minimum atomic E-state index is -0.665. The number of carbonyl (C=O) groups excluding carboxylic acids is 2. The number of rotatable bonds is 66. The number of amides is 1. The zero-order chi connectivity index (χ0) is 55.7. The lowest BCUT2D eigenvalue weighted by molar-refractivity contribution is -0.143. The van der Waals surface area contributed by atoms with Crippen LogP contribution >= 0.6 is 0 Å². The number of unbranched alkanes of at least 4 members (excludes halogenated alkanes) is 51. The average Bonchev–Trinajstić information content (AvgIpc) is 3.43. The number of allylic oxidation sites excluding steroid dienone is 4. The highest BCUT2D eigenvalue weighted by molar-refractivity contribution is 5.76. The zero-order valence-electron chi connectivity index (χ0n) is 52.2. The van der Waals surface area contributed by atoms with Crippen LogP contribution in [0.15, 0.2) is 24.3 Å². The first-order valence-corrected chi connectivity index (χ1v) is 35.1. The van der Waals surface area contributed by atoms with E-state index in [1.54, 1.807) is 0 Å². The highest BCUT2D eigenvalue weighted by Gasteiger charge is 2.20. The van der Waals surface area contributed by atoms with Crippen molar-refractivity contribution in [1.82, 2.24) is 5.32 Å². The van der Waals surface area contributed by atoms with Crippen LogP contribution in [-0.4, -0.2) is 47.4 Å². The summed E-state index contributed by atoms with van der Waals surface area (Å²) < 4.78 is 5.50. The van der Waals surface area contributed by atoms with Crippen LogP contribution in [0.4, 0.5) is 0 Å². The second-order valence-corrected chi connectivity index (χ2v) is 24.2. The van der Waals surface area contributed by atoms with Crippen molar-refractivity contribution in [3.05, 3.63) is 24.3 Å². The number of aliphatic hydroxyl groups is 2. The van der Waals surface area contributed by atoms with Crippen molar-refractivity contribution in [1.29, 1.82) is 0 Å². The molecule has 456 valence electrons. The number of aliphatic hydroxyl groups excluding tert-OH is 2. The first-order chi connectivity index (χ1) is 38.0. The predicted octanol–water partition coefficient (Wildman–Crippen LogP) is 22.5. The van der Waals surface area contributed by atoms with Crippen LogP contribution in [0.25, 0.3) is 0 Å². The molecule has 0 aromatic carbocycles. The number of esters is 1. The van der Waals surface area contributed by atoms with Gasteiger partial charge in [0.2, 0.25) is 5.91 Å². The largest absolute Gasteiger partial charge is 0.466 e. The van der Waals surface area contributed by atoms with E-state index in [1.807, 2.05) is 0 Å². The fourth-order valence-corrected chi connectivity index (χ4v) is 11.1. The van der Waals surface area contributed by atoms with Gasteiger partial charge in [0.25, 0.3) is 0 Å². The van der Waals surface area contributed by atoms with Gasteiger partial charge in [0, 0.05) is 12.8 Å². The Morgan fingerprint density at radius 3 is 1.01 bits per heavy atom. The Labute approximate surface area is 481 Å². The highest BCUT2D eigenvalue weighted by atomic mass is 16.5. The molecule has 0 saturated carbocycles.